The van der Waals surface area contributed by atoms with E-state index in [9.17, 15) is 9.59 Å². The van der Waals surface area contributed by atoms with E-state index in [0.717, 1.165) is 0 Å². The number of hydrogen-bond acceptors (Lipinski definition) is 5. The third kappa shape index (κ3) is 5.27. The molecule has 7 nitrogen and oxygen atoms in total. The molecule has 0 aliphatic carbocycles. The molecule has 0 aliphatic heterocycles. The van der Waals surface area contributed by atoms with Crippen LogP contribution in [-0.4, -0.2) is 35.3 Å². The molecule has 0 atom stereocenters. The summed E-state index contributed by atoms with van der Waals surface area (Å²) >= 11 is 0. The van der Waals surface area contributed by atoms with Gasteiger partial charge in [0.2, 0.25) is 0 Å². The van der Waals surface area contributed by atoms with Crippen LogP contribution in [0.4, 0.5) is 0 Å². The van der Waals surface area contributed by atoms with Gasteiger partial charge in [-0.15, -0.1) is 0 Å². The van der Waals surface area contributed by atoms with Gasteiger partial charge in [0, 0.05) is 0 Å². The minimum atomic E-state index is -0.657. The fourth-order valence-electron chi connectivity index (χ4n) is 0.369. The van der Waals surface area contributed by atoms with Gasteiger partial charge in [-0.05, 0) is 0 Å². The summed E-state index contributed by atoms with van der Waals surface area (Å²) in [5, 5.41) is 18.3. The molecule has 0 aromatic rings. The summed E-state index contributed by atoms with van der Waals surface area (Å²) in [5.41, 5.74) is 2.72. The maximum atomic E-state index is 10.3. The molecule has 0 spiro atoms. The summed E-state index contributed by atoms with van der Waals surface area (Å²) in [6.45, 7) is -0.381. The number of carbonyl (C=O) groups excluding carboxylic acids is 2. The van der Waals surface area contributed by atoms with Crippen LogP contribution in [0.1, 0.15) is 0 Å². The number of nitrogens with one attached hydrogen (secondary N) is 3. The van der Waals surface area contributed by atoms with E-state index in [1.165, 1.54) is 11.0 Å². The molecular formula is C4H9N3O4. The van der Waals surface area contributed by atoms with Crippen molar-refractivity contribution < 1.29 is 20.0 Å². The lowest BCUT2D eigenvalue weighted by Gasteiger charge is -2.00. The Labute approximate surface area is 62.3 Å². The van der Waals surface area contributed by atoms with Crippen molar-refractivity contribution in [1.82, 2.24) is 16.3 Å². The van der Waals surface area contributed by atoms with E-state index in [1.54, 1.807) is 0 Å². The third-order valence-electron chi connectivity index (χ3n) is 0.821. The number of rotatable bonds is 4. The Morgan fingerprint density at radius 2 is 1.36 bits per heavy atom. The van der Waals surface area contributed by atoms with E-state index < -0.39 is 11.8 Å². The molecule has 0 aromatic heterocycles. The van der Waals surface area contributed by atoms with Crippen LogP contribution in [0, 0.1) is 0 Å². The minimum Gasteiger partial charge on any atom is -0.300 e. The molecule has 2 amide bonds. The van der Waals surface area contributed by atoms with E-state index >= 15 is 0 Å². The Morgan fingerprint density at radius 1 is 1.00 bits per heavy atom. The van der Waals surface area contributed by atoms with Gasteiger partial charge in [0.25, 0.3) is 11.8 Å². The summed E-state index contributed by atoms with van der Waals surface area (Å²) in [4.78, 5) is 20.5. The van der Waals surface area contributed by atoms with Crippen molar-refractivity contribution in [3.8, 4) is 0 Å². The van der Waals surface area contributed by atoms with Crippen molar-refractivity contribution in [2.24, 2.45) is 0 Å². The summed E-state index contributed by atoms with van der Waals surface area (Å²) < 4.78 is 0. The van der Waals surface area contributed by atoms with Crippen LogP contribution >= 0.6 is 0 Å². The predicted octanol–water partition coefficient (Wildman–Crippen LogP) is -2.41. The molecule has 64 valence electrons. The Hall–Kier alpha value is -1.18. The van der Waals surface area contributed by atoms with Crippen molar-refractivity contribution in [1.29, 1.82) is 0 Å². The molecule has 7 heteroatoms. The van der Waals surface area contributed by atoms with E-state index in [4.69, 9.17) is 10.4 Å². The number of carbonyl (C=O) groups is 2. The fourth-order valence-corrected chi connectivity index (χ4v) is 0.369. The first-order chi connectivity index (χ1) is 5.20. The average molecular weight is 163 g/mol. The van der Waals surface area contributed by atoms with Crippen molar-refractivity contribution in [2.75, 3.05) is 13.1 Å². The Kier molecular flexibility index (Phi) is 4.99. The first-order valence-electron chi connectivity index (χ1n) is 2.77. The molecule has 11 heavy (non-hydrogen) atoms. The number of hydrogen-bond donors (Lipinski definition) is 5. The van der Waals surface area contributed by atoms with Crippen LogP contribution < -0.4 is 16.3 Å². The monoisotopic (exact) mass is 163 g/mol. The second kappa shape index (κ2) is 5.59. The van der Waals surface area contributed by atoms with Crippen LogP contribution in [0.15, 0.2) is 0 Å². The maximum absolute atomic E-state index is 10.3. The Bertz CT molecular complexity index is 132. The molecular weight excluding hydrogens is 154 g/mol. The van der Waals surface area contributed by atoms with E-state index in [2.05, 4.69) is 5.32 Å². The zero-order valence-corrected chi connectivity index (χ0v) is 5.63. The van der Waals surface area contributed by atoms with Gasteiger partial charge in [0.15, 0.2) is 0 Å². The highest BCUT2D eigenvalue weighted by atomic mass is 16.5. The Balaban J connectivity index is 3.27. The van der Waals surface area contributed by atoms with Crippen molar-refractivity contribution in [3.05, 3.63) is 0 Å². The maximum Gasteiger partial charge on any atom is 0.257 e. The first kappa shape index (κ1) is 9.82. The lowest BCUT2D eigenvalue weighted by molar-refractivity contribution is -0.129. The van der Waals surface area contributed by atoms with Gasteiger partial charge in [-0.2, -0.15) is 0 Å². The molecule has 0 aromatic carbocycles. The molecule has 0 saturated heterocycles. The largest absolute Gasteiger partial charge is 0.300 e. The quantitative estimate of drug-likeness (QED) is 0.234. The van der Waals surface area contributed by atoms with Crippen molar-refractivity contribution >= 4 is 11.8 Å². The lowest BCUT2D eigenvalue weighted by atomic mass is 10.5. The predicted molar refractivity (Wildman–Crippen MR) is 32.7 cm³/mol. The molecule has 0 rings (SSSR count). The molecule has 0 radical (unpaired) electrons. The molecule has 0 bridgehead atoms. The highest BCUT2D eigenvalue weighted by Crippen LogP contribution is 1.62. The van der Waals surface area contributed by atoms with E-state index in [0.29, 0.717) is 0 Å². The summed E-state index contributed by atoms with van der Waals surface area (Å²) in [6, 6.07) is 0. The Morgan fingerprint density at radius 3 is 1.64 bits per heavy atom. The van der Waals surface area contributed by atoms with Crippen LogP contribution in [-0.2, 0) is 9.59 Å². The smallest absolute Gasteiger partial charge is 0.257 e. The standard InChI is InChI=1S/C4H9N3O4/c8-3(6-10)1-5-2-4(9)7-11/h5,10-11H,1-2H2,(H,6,8)(H,7,9). The lowest BCUT2D eigenvalue weighted by Crippen LogP contribution is -2.37. The SMILES string of the molecule is O=C(CNCC(=O)NO)NO. The molecule has 0 unspecified atom stereocenters. The van der Waals surface area contributed by atoms with E-state index in [1.807, 2.05) is 0 Å². The van der Waals surface area contributed by atoms with Gasteiger partial charge >= 0.3 is 0 Å². The topological polar surface area (TPSA) is 111 Å². The van der Waals surface area contributed by atoms with Gasteiger partial charge < -0.3 is 0 Å². The third-order valence-corrected chi connectivity index (χ3v) is 0.821. The second-order valence-electron chi connectivity index (χ2n) is 1.67. The number of hydroxylamine groups is 2. The molecule has 5 N–H and O–H groups in total. The van der Waals surface area contributed by atoms with Crippen molar-refractivity contribution in [2.45, 2.75) is 0 Å². The average Bonchev–Trinajstić information content (AvgIpc) is 2.04. The van der Waals surface area contributed by atoms with Crippen LogP contribution in [0.25, 0.3) is 0 Å². The highest BCUT2D eigenvalue weighted by Gasteiger charge is 2.00. The zero-order chi connectivity index (χ0) is 8.69. The van der Waals surface area contributed by atoms with Gasteiger partial charge in [-0.25, -0.2) is 11.0 Å². The first-order valence-corrected chi connectivity index (χ1v) is 2.77. The fraction of sp³-hybridized carbons (Fsp3) is 0.500. The van der Waals surface area contributed by atoms with Crippen LogP contribution in [0.2, 0.25) is 0 Å². The molecule has 0 saturated carbocycles. The van der Waals surface area contributed by atoms with E-state index in [-0.39, 0.29) is 13.1 Å². The number of amides is 2. The van der Waals surface area contributed by atoms with Gasteiger partial charge in [0.05, 0.1) is 13.1 Å². The van der Waals surface area contributed by atoms with Gasteiger partial charge in [0.1, 0.15) is 0 Å². The van der Waals surface area contributed by atoms with Crippen LogP contribution in [0.5, 0.6) is 0 Å². The summed E-state index contributed by atoms with van der Waals surface area (Å²) in [6.07, 6.45) is 0. The zero-order valence-electron chi connectivity index (χ0n) is 5.63. The molecule has 0 fully saturated rings. The van der Waals surface area contributed by atoms with Crippen LogP contribution in [0.3, 0.4) is 0 Å². The minimum absolute atomic E-state index is 0.191. The van der Waals surface area contributed by atoms with Gasteiger partial charge in [-0.1, -0.05) is 0 Å². The summed E-state index contributed by atoms with van der Waals surface area (Å²) in [7, 11) is 0. The van der Waals surface area contributed by atoms with Crippen molar-refractivity contribution in [3.63, 3.8) is 0 Å². The second-order valence-corrected chi connectivity index (χ2v) is 1.67. The normalized spacial score (nSPS) is 8.91. The van der Waals surface area contributed by atoms with Gasteiger partial charge in [-0.3, -0.25) is 25.3 Å². The molecule has 0 heterocycles. The summed E-state index contributed by atoms with van der Waals surface area (Å²) in [5.74, 6) is -1.31. The molecule has 0 aliphatic rings. The highest BCUT2D eigenvalue weighted by molar-refractivity contribution is 5.79.